The van der Waals surface area contributed by atoms with Gasteiger partial charge < -0.3 is 19.7 Å². The summed E-state index contributed by atoms with van der Waals surface area (Å²) in [6.07, 6.45) is 1.90. The predicted octanol–water partition coefficient (Wildman–Crippen LogP) is 2.20. The minimum absolute atomic E-state index is 0.00189. The van der Waals surface area contributed by atoms with E-state index in [1.54, 1.807) is 7.11 Å². The van der Waals surface area contributed by atoms with Crippen molar-refractivity contribution in [3.8, 4) is 5.75 Å². The van der Waals surface area contributed by atoms with Crippen LogP contribution in [0.2, 0.25) is 0 Å². The van der Waals surface area contributed by atoms with E-state index in [1.807, 2.05) is 61.5 Å². The van der Waals surface area contributed by atoms with Gasteiger partial charge in [0, 0.05) is 18.5 Å². The van der Waals surface area contributed by atoms with E-state index in [4.69, 9.17) is 9.47 Å². The van der Waals surface area contributed by atoms with Gasteiger partial charge in [-0.05, 0) is 36.8 Å². The molecule has 1 amide bonds. The number of likely N-dealkylation sites (tertiary alicyclic amines) is 1. The molecule has 0 aromatic heterocycles. The van der Waals surface area contributed by atoms with Gasteiger partial charge in [-0.25, -0.2) is 0 Å². The Bertz CT molecular complexity index is 828. The standard InChI is InChI=1S/C24H30N2O4/c1-3-30-23(28)24(19-7-5-4-6-8-19)14-17-26(18-15-24)16-13-22(27)25-20-9-11-21(29-2)12-10-20/h4-12H,3,13-18H2,1-2H3,(H,25,27)/p+1. The Morgan fingerprint density at radius 3 is 2.30 bits per heavy atom. The fourth-order valence-electron chi connectivity index (χ4n) is 4.11. The second-order valence-corrected chi connectivity index (χ2v) is 7.70. The van der Waals surface area contributed by atoms with Crippen LogP contribution >= 0.6 is 0 Å². The SMILES string of the molecule is CCOC(=O)C1(c2ccccc2)CC[NH+](CCC(=O)Nc2ccc(OC)cc2)CC1. The number of ether oxygens (including phenoxy) is 2. The van der Waals surface area contributed by atoms with Crippen LogP contribution in [0.4, 0.5) is 5.69 Å². The highest BCUT2D eigenvalue weighted by Gasteiger charge is 2.45. The Hall–Kier alpha value is -2.86. The highest BCUT2D eigenvalue weighted by Crippen LogP contribution is 2.34. The molecular weight excluding hydrogens is 380 g/mol. The average molecular weight is 412 g/mol. The first-order valence-electron chi connectivity index (χ1n) is 10.6. The second kappa shape index (κ2) is 10.3. The summed E-state index contributed by atoms with van der Waals surface area (Å²) in [6.45, 7) is 4.65. The number of methoxy groups -OCH3 is 1. The minimum atomic E-state index is -0.577. The molecule has 0 radical (unpaired) electrons. The Balaban J connectivity index is 1.54. The maximum Gasteiger partial charge on any atom is 0.317 e. The van der Waals surface area contributed by atoms with Crippen LogP contribution in [-0.4, -0.2) is 45.2 Å². The molecule has 2 aromatic carbocycles. The Kier molecular flexibility index (Phi) is 7.46. The van der Waals surface area contributed by atoms with Gasteiger partial charge in [0.05, 0.1) is 39.8 Å². The Morgan fingerprint density at radius 1 is 1.03 bits per heavy atom. The van der Waals surface area contributed by atoms with E-state index in [-0.39, 0.29) is 11.9 Å². The lowest BCUT2D eigenvalue weighted by Gasteiger charge is -2.38. The van der Waals surface area contributed by atoms with Crippen LogP contribution in [0.15, 0.2) is 54.6 Å². The molecule has 0 saturated carbocycles. The summed E-state index contributed by atoms with van der Waals surface area (Å²) in [5.41, 5.74) is 1.21. The molecule has 3 rings (SSSR count). The van der Waals surface area contributed by atoms with Crippen molar-refractivity contribution < 1.29 is 24.0 Å². The smallest absolute Gasteiger partial charge is 0.317 e. The lowest BCUT2D eigenvalue weighted by molar-refractivity contribution is -0.905. The molecule has 2 aromatic rings. The quantitative estimate of drug-likeness (QED) is 0.654. The Labute approximate surface area is 178 Å². The second-order valence-electron chi connectivity index (χ2n) is 7.70. The number of benzene rings is 2. The van der Waals surface area contributed by atoms with Crippen molar-refractivity contribution in [1.29, 1.82) is 0 Å². The summed E-state index contributed by atoms with van der Waals surface area (Å²) in [5, 5.41) is 2.93. The molecule has 160 valence electrons. The topological polar surface area (TPSA) is 69.1 Å². The third-order valence-electron chi connectivity index (χ3n) is 5.88. The fourth-order valence-corrected chi connectivity index (χ4v) is 4.11. The Morgan fingerprint density at radius 2 is 1.70 bits per heavy atom. The third-order valence-corrected chi connectivity index (χ3v) is 5.88. The fraction of sp³-hybridized carbons (Fsp3) is 0.417. The number of amides is 1. The van der Waals surface area contributed by atoms with Gasteiger partial charge in [0.25, 0.3) is 0 Å². The predicted molar refractivity (Wildman–Crippen MR) is 116 cm³/mol. The summed E-state index contributed by atoms with van der Waals surface area (Å²) in [6, 6.07) is 17.3. The van der Waals surface area contributed by atoms with Crippen LogP contribution in [0.5, 0.6) is 5.75 Å². The number of anilines is 1. The van der Waals surface area contributed by atoms with Crippen LogP contribution in [-0.2, 0) is 19.7 Å². The number of carbonyl (C=O) groups excluding carboxylic acids is 2. The molecule has 1 heterocycles. The van der Waals surface area contributed by atoms with Crippen LogP contribution < -0.4 is 15.0 Å². The number of rotatable bonds is 8. The van der Waals surface area contributed by atoms with Crippen molar-refractivity contribution in [2.24, 2.45) is 0 Å². The van der Waals surface area contributed by atoms with Gasteiger partial charge in [-0.1, -0.05) is 30.3 Å². The van der Waals surface area contributed by atoms with Gasteiger partial charge in [0.1, 0.15) is 11.2 Å². The van der Waals surface area contributed by atoms with E-state index in [9.17, 15) is 9.59 Å². The van der Waals surface area contributed by atoms with Gasteiger partial charge in [0.2, 0.25) is 5.91 Å². The molecule has 0 unspecified atom stereocenters. The highest BCUT2D eigenvalue weighted by molar-refractivity contribution is 5.90. The van der Waals surface area contributed by atoms with E-state index in [0.717, 1.165) is 49.5 Å². The monoisotopic (exact) mass is 411 g/mol. The number of esters is 1. The molecule has 1 aliphatic heterocycles. The molecule has 2 N–H and O–H groups in total. The molecule has 0 atom stereocenters. The molecule has 1 fully saturated rings. The zero-order chi connectivity index (χ0) is 21.4. The summed E-state index contributed by atoms with van der Waals surface area (Å²) in [5.74, 6) is 0.625. The highest BCUT2D eigenvalue weighted by atomic mass is 16.5. The van der Waals surface area contributed by atoms with E-state index in [1.165, 1.54) is 4.90 Å². The van der Waals surface area contributed by atoms with E-state index < -0.39 is 5.41 Å². The summed E-state index contributed by atoms with van der Waals surface area (Å²) in [7, 11) is 1.61. The lowest BCUT2D eigenvalue weighted by Crippen LogP contribution is -3.13. The van der Waals surface area contributed by atoms with Crippen molar-refractivity contribution in [3.63, 3.8) is 0 Å². The lowest BCUT2D eigenvalue weighted by atomic mass is 9.72. The number of hydrogen-bond donors (Lipinski definition) is 2. The molecule has 0 spiro atoms. The number of hydrogen-bond acceptors (Lipinski definition) is 4. The first kappa shape index (κ1) is 21.8. The number of carbonyl (C=O) groups is 2. The summed E-state index contributed by atoms with van der Waals surface area (Å²) < 4.78 is 10.6. The van der Waals surface area contributed by atoms with E-state index >= 15 is 0 Å². The third kappa shape index (κ3) is 5.19. The first-order chi connectivity index (χ1) is 14.6. The van der Waals surface area contributed by atoms with Gasteiger partial charge in [-0.2, -0.15) is 0 Å². The van der Waals surface area contributed by atoms with Crippen LogP contribution in [0.1, 0.15) is 31.7 Å². The van der Waals surface area contributed by atoms with E-state index in [2.05, 4.69) is 5.32 Å². The maximum absolute atomic E-state index is 12.8. The average Bonchev–Trinajstić information content (AvgIpc) is 2.79. The van der Waals surface area contributed by atoms with Crippen molar-refractivity contribution in [2.75, 3.05) is 38.7 Å². The van der Waals surface area contributed by atoms with E-state index in [0.29, 0.717) is 13.0 Å². The van der Waals surface area contributed by atoms with Crippen molar-refractivity contribution >= 4 is 17.6 Å². The first-order valence-corrected chi connectivity index (χ1v) is 10.6. The normalized spacial score (nSPS) is 20.9. The number of piperidine rings is 1. The van der Waals surface area contributed by atoms with Crippen LogP contribution in [0.3, 0.4) is 0 Å². The molecule has 0 bridgehead atoms. The molecule has 1 saturated heterocycles. The molecule has 6 nitrogen and oxygen atoms in total. The van der Waals surface area contributed by atoms with Crippen LogP contribution in [0, 0.1) is 0 Å². The van der Waals surface area contributed by atoms with Gasteiger partial charge in [-0.15, -0.1) is 0 Å². The van der Waals surface area contributed by atoms with Crippen molar-refractivity contribution in [2.45, 2.75) is 31.6 Å². The zero-order valence-electron chi connectivity index (χ0n) is 17.8. The summed E-state index contributed by atoms with van der Waals surface area (Å²) in [4.78, 5) is 26.5. The van der Waals surface area contributed by atoms with Crippen LogP contribution in [0.25, 0.3) is 0 Å². The largest absolute Gasteiger partial charge is 0.497 e. The van der Waals surface area contributed by atoms with Gasteiger partial charge in [-0.3, -0.25) is 9.59 Å². The molecule has 0 aliphatic carbocycles. The summed E-state index contributed by atoms with van der Waals surface area (Å²) >= 11 is 0. The number of quaternary nitrogens is 1. The number of nitrogens with one attached hydrogen (secondary N) is 2. The molecule has 1 aliphatic rings. The molecular formula is C24H31N2O4+. The molecule has 30 heavy (non-hydrogen) atoms. The molecule has 6 heteroatoms. The van der Waals surface area contributed by atoms with Crippen molar-refractivity contribution in [3.05, 3.63) is 60.2 Å². The zero-order valence-corrected chi connectivity index (χ0v) is 17.8. The van der Waals surface area contributed by atoms with Crippen molar-refractivity contribution in [1.82, 2.24) is 0 Å². The van der Waals surface area contributed by atoms with Gasteiger partial charge in [0.15, 0.2) is 0 Å². The van der Waals surface area contributed by atoms with Gasteiger partial charge >= 0.3 is 5.97 Å². The maximum atomic E-state index is 12.8. The minimum Gasteiger partial charge on any atom is -0.497 e.